The van der Waals surface area contributed by atoms with E-state index >= 15 is 0 Å². The molecule has 0 bridgehead atoms. The van der Waals surface area contributed by atoms with Crippen LogP contribution in [0.4, 0.5) is 0 Å². The molecule has 0 aliphatic rings. The molecule has 0 fully saturated rings. The van der Waals surface area contributed by atoms with Gasteiger partial charge in [-0.25, -0.2) is 0 Å². The quantitative estimate of drug-likeness (QED) is 0.819. The number of hydrogen-bond donors (Lipinski definition) is 0. The van der Waals surface area contributed by atoms with E-state index in [9.17, 15) is 4.79 Å². The van der Waals surface area contributed by atoms with Crippen LogP contribution in [-0.2, 0) is 6.54 Å². The lowest BCUT2D eigenvalue weighted by Crippen LogP contribution is -2.30. The van der Waals surface area contributed by atoms with Crippen molar-refractivity contribution in [3.05, 3.63) is 56.7 Å². The van der Waals surface area contributed by atoms with Crippen molar-refractivity contribution >= 4 is 28.8 Å². The SMILES string of the molecule is CCN(Cc1ccccc1Cl)C(=O)c1sccc1C. The number of thiophene rings is 1. The van der Waals surface area contributed by atoms with Crippen LogP contribution in [0.3, 0.4) is 0 Å². The number of carbonyl (C=O) groups is 1. The number of nitrogens with zero attached hydrogens (tertiary/aromatic N) is 1. The summed E-state index contributed by atoms with van der Waals surface area (Å²) in [6.07, 6.45) is 0. The van der Waals surface area contributed by atoms with E-state index in [-0.39, 0.29) is 5.91 Å². The minimum absolute atomic E-state index is 0.0786. The van der Waals surface area contributed by atoms with Gasteiger partial charge >= 0.3 is 0 Å². The predicted octanol–water partition coefficient (Wildman–Crippen LogP) is 4.37. The highest BCUT2D eigenvalue weighted by Crippen LogP contribution is 2.21. The minimum Gasteiger partial charge on any atom is -0.334 e. The molecule has 2 nitrogen and oxygen atoms in total. The van der Waals surface area contributed by atoms with Crippen molar-refractivity contribution in [2.24, 2.45) is 0 Å². The Labute approximate surface area is 122 Å². The highest BCUT2D eigenvalue weighted by molar-refractivity contribution is 7.12. The molecule has 0 aliphatic heterocycles. The van der Waals surface area contributed by atoms with E-state index in [0.717, 1.165) is 16.0 Å². The summed E-state index contributed by atoms with van der Waals surface area (Å²) >= 11 is 7.64. The molecule has 1 aromatic heterocycles. The van der Waals surface area contributed by atoms with Crippen LogP contribution in [0.2, 0.25) is 5.02 Å². The first-order valence-electron chi connectivity index (χ1n) is 6.20. The summed E-state index contributed by atoms with van der Waals surface area (Å²) in [5.41, 5.74) is 2.01. The number of amides is 1. The number of benzene rings is 1. The van der Waals surface area contributed by atoms with E-state index in [2.05, 4.69) is 0 Å². The zero-order valence-corrected chi connectivity index (χ0v) is 12.6. The second kappa shape index (κ2) is 6.22. The minimum atomic E-state index is 0.0786. The Hall–Kier alpha value is -1.32. The third kappa shape index (κ3) is 3.17. The van der Waals surface area contributed by atoms with Crippen molar-refractivity contribution in [3.8, 4) is 0 Å². The Morgan fingerprint density at radius 1 is 1.32 bits per heavy atom. The molecular weight excluding hydrogens is 278 g/mol. The molecular formula is C15H16ClNOS. The van der Waals surface area contributed by atoms with Gasteiger partial charge in [-0.2, -0.15) is 0 Å². The van der Waals surface area contributed by atoms with E-state index in [1.165, 1.54) is 11.3 Å². The van der Waals surface area contributed by atoms with Gasteiger partial charge in [0.05, 0.1) is 4.88 Å². The van der Waals surface area contributed by atoms with Crippen LogP contribution in [0.5, 0.6) is 0 Å². The van der Waals surface area contributed by atoms with Gasteiger partial charge in [-0.05, 0) is 42.5 Å². The molecule has 19 heavy (non-hydrogen) atoms. The molecule has 1 heterocycles. The Kier molecular flexibility index (Phi) is 4.61. The fourth-order valence-corrected chi connectivity index (χ4v) is 2.98. The first kappa shape index (κ1) is 14.1. The first-order valence-corrected chi connectivity index (χ1v) is 7.46. The van der Waals surface area contributed by atoms with Gasteiger partial charge < -0.3 is 4.90 Å². The van der Waals surface area contributed by atoms with Gasteiger partial charge in [0.1, 0.15) is 0 Å². The summed E-state index contributed by atoms with van der Waals surface area (Å²) in [6.45, 7) is 5.17. The number of aryl methyl sites for hydroxylation is 1. The van der Waals surface area contributed by atoms with E-state index in [1.807, 2.05) is 54.5 Å². The molecule has 0 unspecified atom stereocenters. The maximum atomic E-state index is 12.5. The van der Waals surface area contributed by atoms with Crippen LogP contribution in [0.1, 0.15) is 27.7 Å². The number of hydrogen-bond acceptors (Lipinski definition) is 2. The van der Waals surface area contributed by atoms with Crippen LogP contribution >= 0.6 is 22.9 Å². The largest absolute Gasteiger partial charge is 0.334 e. The smallest absolute Gasteiger partial charge is 0.264 e. The van der Waals surface area contributed by atoms with E-state index in [0.29, 0.717) is 18.1 Å². The van der Waals surface area contributed by atoms with Crippen LogP contribution in [0, 0.1) is 6.92 Å². The van der Waals surface area contributed by atoms with E-state index in [1.54, 1.807) is 0 Å². The molecule has 100 valence electrons. The van der Waals surface area contributed by atoms with Crippen LogP contribution in [0.15, 0.2) is 35.7 Å². The third-order valence-electron chi connectivity index (χ3n) is 3.04. The molecule has 2 rings (SSSR count). The molecule has 1 aromatic carbocycles. The van der Waals surface area contributed by atoms with Crippen LogP contribution in [0.25, 0.3) is 0 Å². The Morgan fingerprint density at radius 3 is 2.63 bits per heavy atom. The molecule has 0 saturated heterocycles. The lowest BCUT2D eigenvalue weighted by molar-refractivity contribution is 0.0757. The highest BCUT2D eigenvalue weighted by atomic mass is 35.5. The maximum Gasteiger partial charge on any atom is 0.264 e. The second-order valence-electron chi connectivity index (χ2n) is 4.34. The fourth-order valence-electron chi connectivity index (χ4n) is 1.89. The molecule has 4 heteroatoms. The summed E-state index contributed by atoms with van der Waals surface area (Å²) < 4.78 is 0. The van der Waals surface area contributed by atoms with Gasteiger partial charge in [-0.1, -0.05) is 29.8 Å². The van der Waals surface area contributed by atoms with Crippen molar-refractivity contribution < 1.29 is 4.79 Å². The zero-order chi connectivity index (χ0) is 13.8. The number of rotatable bonds is 4. The number of carbonyl (C=O) groups excluding carboxylic acids is 1. The molecule has 0 atom stereocenters. The van der Waals surface area contributed by atoms with Gasteiger partial charge in [0.25, 0.3) is 5.91 Å². The summed E-state index contributed by atoms with van der Waals surface area (Å²) in [4.78, 5) is 15.1. The van der Waals surface area contributed by atoms with Crippen molar-refractivity contribution in [3.63, 3.8) is 0 Å². The van der Waals surface area contributed by atoms with Gasteiger partial charge in [0.15, 0.2) is 0 Å². The second-order valence-corrected chi connectivity index (χ2v) is 5.67. The lowest BCUT2D eigenvalue weighted by atomic mass is 10.2. The van der Waals surface area contributed by atoms with Crippen LogP contribution in [-0.4, -0.2) is 17.4 Å². The highest BCUT2D eigenvalue weighted by Gasteiger charge is 2.18. The Balaban J connectivity index is 2.20. The van der Waals surface area contributed by atoms with Crippen molar-refractivity contribution in [1.29, 1.82) is 0 Å². The zero-order valence-electron chi connectivity index (χ0n) is 11.0. The molecule has 0 spiro atoms. The molecule has 2 aromatic rings. The third-order valence-corrected chi connectivity index (χ3v) is 4.42. The lowest BCUT2D eigenvalue weighted by Gasteiger charge is -2.21. The van der Waals surface area contributed by atoms with Crippen LogP contribution < -0.4 is 0 Å². The molecule has 0 N–H and O–H groups in total. The Morgan fingerprint density at radius 2 is 2.05 bits per heavy atom. The van der Waals surface area contributed by atoms with Gasteiger partial charge in [-0.15, -0.1) is 11.3 Å². The Bertz CT molecular complexity index is 579. The topological polar surface area (TPSA) is 20.3 Å². The summed E-state index contributed by atoms with van der Waals surface area (Å²) in [6, 6.07) is 9.62. The van der Waals surface area contributed by atoms with Crippen molar-refractivity contribution in [2.45, 2.75) is 20.4 Å². The van der Waals surface area contributed by atoms with Gasteiger partial charge in [0.2, 0.25) is 0 Å². The summed E-state index contributed by atoms with van der Waals surface area (Å²) in [5.74, 6) is 0.0786. The van der Waals surface area contributed by atoms with Crippen molar-refractivity contribution in [2.75, 3.05) is 6.54 Å². The fraction of sp³-hybridized carbons (Fsp3) is 0.267. The van der Waals surface area contributed by atoms with Gasteiger partial charge in [0, 0.05) is 18.1 Å². The normalized spacial score (nSPS) is 10.5. The maximum absolute atomic E-state index is 12.5. The van der Waals surface area contributed by atoms with Crippen molar-refractivity contribution in [1.82, 2.24) is 4.90 Å². The van der Waals surface area contributed by atoms with E-state index < -0.39 is 0 Å². The standard InChI is InChI=1S/C15H16ClNOS/c1-3-17(10-12-6-4-5-7-13(12)16)15(18)14-11(2)8-9-19-14/h4-9H,3,10H2,1-2H3. The molecule has 0 aliphatic carbocycles. The molecule has 0 saturated carbocycles. The molecule has 1 amide bonds. The molecule has 0 radical (unpaired) electrons. The van der Waals surface area contributed by atoms with E-state index in [4.69, 9.17) is 11.6 Å². The monoisotopic (exact) mass is 293 g/mol. The summed E-state index contributed by atoms with van der Waals surface area (Å²) in [7, 11) is 0. The summed E-state index contributed by atoms with van der Waals surface area (Å²) in [5, 5.41) is 2.66. The average Bonchev–Trinajstić information content (AvgIpc) is 2.83. The predicted molar refractivity (Wildman–Crippen MR) is 80.9 cm³/mol. The first-order chi connectivity index (χ1) is 9.13. The average molecular weight is 294 g/mol. The van der Waals surface area contributed by atoms with Gasteiger partial charge in [-0.3, -0.25) is 4.79 Å². The number of halogens is 1.